The second kappa shape index (κ2) is 3.70. The molecule has 1 aliphatic carbocycles. The van der Waals surface area contributed by atoms with Crippen LogP contribution in [-0.2, 0) is 6.18 Å². The first-order valence-corrected chi connectivity index (χ1v) is 6.00. The Labute approximate surface area is 102 Å². The maximum absolute atomic E-state index is 13.8. The van der Waals surface area contributed by atoms with Crippen LogP contribution >= 0.6 is 0 Å². The predicted molar refractivity (Wildman–Crippen MR) is 58.7 cm³/mol. The topological polar surface area (TPSA) is 12.0 Å². The predicted octanol–water partition coefficient (Wildman–Crippen LogP) is 3.31. The number of hydrogen-bond donors (Lipinski definition) is 1. The molecule has 0 amide bonds. The third-order valence-corrected chi connectivity index (χ3v) is 4.17. The van der Waals surface area contributed by atoms with Gasteiger partial charge in [0.2, 0.25) is 0 Å². The minimum Gasteiger partial charge on any atom is -0.316 e. The van der Waals surface area contributed by atoms with E-state index in [0.29, 0.717) is 11.6 Å². The summed E-state index contributed by atoms with van der Waals surface area (Å²) in [7, 11) is 0. The van der Waals surface area contributed by atoms with E-state index in [1.807, 2.05) is 0 Å². The normalized spacial score (nSPS) is 31.0. The summed E-state index contributed by atoms with van der Waals surface area (Å²) in [5.41, 5.74) is -0.379. The van der Waals surface area contributed by atoms with Gasteiger partial charge in [-0.2, -0.15) is 13.2 Å². The third-order valence-electron chi connectivity index (χ3n) is 4.17. The molecule has 2 fully saturated rings. The Morgan fingerprint density at radius 1 is 1.28 bits per heavy atom. The van der Waals surface area contributed by atoms with E-state index >= 15 is 0 Å². The van der Waals surface area contributed by atoms with E-state index in [0.717, 1.165) is 32.0 Å². The molecule has 0 radical (unpaired) electrons. The molecule has 1 unspecified atom stereocenters. The lowest BCUT2D eigenvalue weighted by Crippen LogP contribution is -2.11. The smallest absolute Gasteiger partial charge is 0.316 e. The van der Waals surface area contributed by atoms with Gasteiger partial charge in [-0.1, -0.05) is 6.07 Å². The van der Waals surface area contributed by atoms with Crippen molar-refractivity contribution >= 4 is 0 Å². The molecule has 1 aromatic carbocycles. The van der Waals surface area contributed by atoms with Crippen LogP contribution in [0.3, 0.4) is 0 Å². The lowest BCUT2D eigenvalue weighted by atomic mass is 9.97. The number of hydrogen-bond acceptors (Lipinski definition) is 1. The first-order chi connectivity index (χ1) is 8.42. The van der Waals surface area contributed by atoms with Crippen molar-refractivity contribution in [3.8, 4) is 0 Å². The molecule has 1 heterocycles. The molecule has 98 valence electrons. The highest BCUT2D eigenvalue weighted by molar-refractivity contribution is 5.35. The van der Waals surface area contributed by atoms with Crippen LogP contribution in [-0.4, -0.2) is 13.1 Å². The molecule has 2 atom stereocenters. The van der Waals surface area contributed by atoms with Crippen molar-refractivity contribution in [1.82, 2.24) is 5.32 Å². The molecule has 1 aliphatic heterocycles. The first-order valence-electron chi connectivity index (χ1n) is 6.00. The molecule has 0 aromatic heterocycles. The third kappa shape index (κ3) is 1.81. The van der Waals surface area contributed by atoms with Gasteiger partial charge in [0.1, 0.15) is 5.82 Å². The molecular formula is C13H13F4N. The summed E-state index contributed by atoms with van der Waals surface area (Å²) in [6.45, 7) is 1.76. The number of alkyl halides is 3. The molecule has 1 saturated heterocycles. The van der Waals surface area contributed by atoms with Gasteiger partial charge in [0.05, 0.1) is 5.56 Å². The second-order valence-electron chi connectivity index (χ2n) is 5.28. The minimum absolute atomic E-state index is 0.0785. The maximum atomic E-state index is 13.8. The number of benzene rings is 1. The minimum atomic E-state index is -4.48. The summed E-state index contributed by atoms with van der Waals surface area (Å²) >= 11 is 0. The van der Waals surface area contributed by atoms with Gasteiger partial charge < -0.3 is 5.32 Å². The molecule has 2 aliphatic rings. The van der Waals surface area contributed by atoms with Crippen LogP contribution in [0.2, 0.25) is 0 Å². The standard InChI is InChI=1S/C13H13F4N/c14-11-5-8(13(15,16)17)1-2-9(11)10-6-12(10)3-4-18-7-12/h1-2,5,10,18H,3-4,6-7H2/t10-,12?/m0/s1. The summed E-state index contributed by atoms with van der Waals surface area (Å²) in [6, 6.07) is 2.90. The van der Waals surface area contributed by atoms with Gasteiger partial charge in [0, 0.05) is 6.54 Å². The van der Waals surface area contributed by atoms with E-state index in [1.165, 1.54) is 6.07 Å². The van der Waals surface area contributed by atoms with E-state index in [9.17, 15) is 17.6 Å². The van der Waals surface area contributed by atoms with Crippen LogP contribution in [0.15, 0.2) is 18.2 Å². The molecule has 1 N–H and O–H groups in total. The molecule has 1 nitrogen and oxygen atoms in total. The van der Waals surface area contributed by atoms with Crippen LogP contribution in [0.5, 0.6) is 0 Å². The van der Waals surface area contributed by atoms with E-state index in [2.05, 4.69) is 5.32 Å². The largest absolute Gasteiger partial charge is 0.416 e. The summed E-state index contributed by atoms with van der Waals surface area (Å²) in [6.07, 6.45) is -2.62. The van der Waals surface area contributed by atoms with Crippen molar-refractivity contribution in [3.05, 3.63) is 35.1 Å². The fraction of sp³-hybridized carbons (Fsp3) is 0.538. The van der Waals surface area contributed by atoms with Gasteiger partial charge >= 0.3 is 6.18 Å². The Kier molecular flexibility index (Phi) is 2.46. The van der Waals surface area contributed by atoms with Crippen LogP contribution in [0, 0.1) is 11.2 Å². The highest BCUT2D eigenvalue weighted by Crippen LogP contribution is 2.63. The Bertz CT molecular complexity index is 474. The molecule has 1 aromatic rings. The Hall–Kier alpha value is -1.10. The van der Waals surface area contributed by atoms with Crippen LogP contribution in [0.25, 0.3) is 0 Å². The Morgan fingerprint density at radius 3 is 2.61 bits per heavy atom. The average Bonchev–Trinajstić information content (AvgIpc) is 2.75. The first kappa shape index (κ1) is 12.0. The summed E-state index contributed by atoms with van der Waals surface area (Å²) in [5.74, 6) is -0.645. The molecule has 18 heavy (non-hydrogen) atoms. The summed E-state index contributed by atoms with van der Waals surface area (Å²) in [5, 5.41) is 3.23. The van der Waals surface area contributed by atoms with E-state index < -0.39 is 17.6 Å². The van der Waals surface area contributed by atoms with Gasteiger partial charge in [-0.15, -0.1) is 0 Å². The SMILES string of the molecule is Fc1cc(C(F)(F)F)ccc1[C@@H]1CC12CCNC2. The van der Waals surface area contributed by atoms with E-state index in [-0.39, 0.29) is 11.3 Å². The van der Waals surface area contributed by atoms with Crippen molar-refractivity contribution in [1.29, 1.82) is 0 Å². The van der Waals surface area contributed by atoms with Crippen molar-refractivity contribution in [3.63, 3.8) is 0 Å². The van der Waals surface area contributed by atoms with Crippen LogP contribution < -0.4 is 5.32 Å². The molecule has 0 bridgehead atoms. The zero-order valence-electron chi connectivity index (χ0n) is 9.65. The van der Waals surface area contributed by atoms with Crippen molar-refractivity contribution in [2.24, 2.45) is 5.41 Å². The average molecular weight is 259 g/mol. The molecule has 5 heteroatoms. The van der Waals surface area contributed by atoms with E-state index in [4.69, 9.17) is 0 Å². The lowest BCUT2D eigenvalue weighted by Gasteiger charge is -2.11. The molecule has 1 saturated carbocycles. The number of rotatable bonds is 1. The fourth-order valence-electron chi connectivity index (χ4n) is 3.01. The lowest BCUT2D eigenvalue weighted by molar-refractivity contribution is -0.137. The van der Waals surface area contributed by atoms with Gasteiger partial charge in [-0.25, -0.2) is 4.39 Å². The number of nitrogens with one attached hydrogen (secondary N) is 1. The molecule has 3 rings (SSSR count). The number of halogens is 4. The maximum Gasteiger partial charge on any atom is 0.416 e. The zero-order valence-corrected chi connectivity index (χ0v) is 9.65. The van der Waals surface area contributed by atoms with Gasteiger partial charge in [0.15, 0.2) is 0 Å². The van der Waals surface area contributed by atoms with Crippen molar-refractivity contribution in [2.45, 2.75) is 24.9 Å². The van der Waals surface area contributed by atoms with Crippen LogP contribution in [0.1, 0.15) is 29.9 Å². The quantitative estimate of drug-likeness (QED) is 0.763. The van der Waals surface area contributed by atoms with Crippen molar-refractivity contribution < 1.29 is 17.6 Å². The second-order valence-corrected chi connectivity index (χ2v) is 5.28. The molecule has 1 spiro atoms. The fourth-order valence-corrected chi connectivity index (χ4v) is 3.01. The van der Waals surface area contributed by atoms with E-state index in [1.54, 1.807) is 0 Å². The van der Waals surface area contributed by atoms with Crippen LogP contribution in [0.4, 0.5) is 17.6 Å². The summed E-state index contributed by atoms with van der Waals surface area (Å²) in [4.78, 5) is 0. The van der Waals surface area contributed by atoms with Gasteiger partial charge in [-0.05, 0) is 48.4 Å². The highest BCUT2D eigenvalue weighted by atomic mass is 19.4. The monoisotopic (exact) mass is 259 g/mol. The Morgan fingerprint density at radius 2 is 2.06 bits per heavy atom. The molecular weight excluding hydrogens is 246 g/mol. The van der Waals surface area contributed by atoms with Crippen molar-refractivity contribution in [2.75, 3.05) is 13.1 Å². The van der Waals surface area contributed by atoms with Gasteiger partial charge in [0.25, 0.3) is 0 Å². The Balaban J connectivity index is 1.87. The zero-order chi connectivity index (χ0) is 13.0. The highest BCUT2D eigenvalue weighted by Gasteiger charge is 2.56. The van der Waals surface area contributed by atoms with Gasteiger partial charge in [-0.3, -0.25) is 0 Å². The summed E-state index contributed by atoms with van der Waals surface area (Å²) < 4.78 is 51.1.